The molecule has 2 aliphatic rings. The molecule has 0 aromatic heterocycles. The molecule has 3 nitrogen and oxygen atoms in total. The van der Waals surface area contributed by atoms with Gasteiger partial charge in [0.25, 0.3) is 0 Å². The number of hydrogen-bond acceptors (Lipinski definition) is 2. The van der Waals surface area contributed by atoms with E-state index in [9.17, 15) is 18.0 Å². The fraction of sp³-hybridized carbons (Fsp3) is 0.857. The Morgan fingerprint density at radius 2 is 1.77 bits per heavy atom. The molecule has 0 aromatic carbocycles. The highest BCUT2D eigenvalue weighted by atomic mass is 19.4. The number of likely N-dealkylation sites (tertiary alicyclic amines) is 1. The Morgan fingerprint density at radius 3 is 2.15 bits per heavy atom. The van der Waals surface area contributed by atoms with Crippen molar-refractivity contribution in [2.45, 2.75) is 12.2 Å². The van der Waals surface area contributed by atoms with Gasteiger partial charge in [0.05, 0.1) is 0 Å². The van der Waals surface area contributed by atoms with Gasteiger partial charge < -0.3 is 10.6 Å². The summed E-state index contributed by atoms with van der Waals surface area (Å²) in [6.07, 6.45) is -4.74. The van der Waals surface area contributed by atoms with Gasteiger partial charge >= 0.3 is 12.1 Å². The van der Waals surface area contributed by atoms with Crippen LogP contribution in [0.15, 0.2) is 0 Å². The molecule has 2 fully saturated rings. The quantitative estimate of drug-likeness (QED) is 0.588. The first-order chi connectivity index (χ1) is 5.91. The maximum absolute atomic E-state index is 11.9. The van der Waals surface area contributed by atoms with Crippen LogP contribution in [0.1, 0.15) is 0 Å². The first kappa shape index (κ1) is 8.80. The molecule has 3 atom stereocenters. The van der Waals surface area contributed by atoms with Crippen LogP contribution in [-0.4, -0.2) is 36.1 Å². The Bertz CT molecular complexity index is 241. The van der Waals surface area contributed by atoms with Crippen LogP contribution in [-0.2, 0) is 4.79 Å². The lowest BCUT2D eigenvalue weighted by Crippen LogP contribution is -2.42. The predicted molar refractivity (Wildman–Crippen MR) is 37.6 cm³/mol. The van der Waals surface area contributed by atoms with E-state index in [1.165, 1.54) is 0 Å². The van der Waals surface area contributed by atoms with E-state index < -0.39 is 12.1 Å². The Kier molecular flexibility index (Phi) is 1.61. The second kappa shape index (κ2) is 2.37. The van der Waals surface area contributed by atoms with Gasteiger partial charge in [-0.2, -0.15) is 13.2 Å². The van der Waals surface area contributed by atoms with Crippen LogP contribution in [0, 0.1) is 11.8 Å². The van der Waals surface area contributed by atoms with Crippen LogP contribution in [0.2, 0.25) is 0 Å². The smallest absolute Gasteiger partial charge is 0.334 e. The van der Waals surface area contributed by atoms with E-state index in [0.29, 0.717) is 0 Å². The average molecular weight is 194 g/mol. The number of fused-ring (bicyclic) bond motifs is 1. The Morgan fingerprint density at radius 1 is 1.31 bits per heavy atom. The SMILES string of the molecule is N[C@@H]1[C@H]2CN(C(=O)C(F)(F)F)C[C@@H]12. The number of nitrogens with two attached hydrogens (primary N) is 1. The van der Waals surface area contributed by atoms with Gasteiger partial charge in [-0.25, -0.2) is 0 Å². The standard InChI is InChI=1S/C7H9F3N2O/c8-7(9,10)6(13)12-1-3-4(2-12)5(3)11/h3-5H,1-2,11H2/t3-,4+,5+. The third kappa shape index (κ3) is 1.29. The maximum atomic E-state index is 11.9. The maximum Gasteiger partial charge on any atom is 0.471 e. The highest BCUT2D eigenvalue weighted by Gasteiger charge is 2.57. The van der Waals surface area contributed by atoms with Crippen molar-refractivity contribution in [1.29, 1.82) is 0 Å². The topological polar surface area (TPSA) is 46.3 Å². The van der Waals surface area contributed by atoms with Gasteiger partial charge in [-0.05, 0) is 11.8 Å². The Balaban J connectivity index is 1.95. The summed E-state index contributed by atoms with van der Waals surface area (Å²) in [4.78, 5) is 11.5. The van der Waals surface area contributed by atoms with Crippen molar-refractivity contribution in [3.63, 3.8) is 0 Å². The van der Waals surface area contributed by atoms with E-state index in [1.54, 1.807) is 0 Å². The van der Waals surface area contributed by atoms with Crippen LogP contribution in [0.5, 0.6) is 0 Å². The van der Waals surface area contributed by atoms with Crippen LogP contribution < -0.4 is 5.73 Å². The summed E-state index contributed by atoms with van der Waals surface area (Å²) in [6.45, 7) is 0.342. The van der Waals surface area contributed by atoms with Crippen LogP contribution in [0.4, 0.5) is 13.2 Å². The predicted octanol–water partition coefficient (Wildman–Crippen LogP) is -0.0358. The zero-order chi connectivity index (χ0) is 9.80. The summed E-state index contributed by atoms with van der Waals surface area (Å²) in [5.74, 6) is -1.52. The molecule has 0 spiro atoms. The third-order valence-electron chi connectivity index (χ3n) is 2.79. The van der Waals surface area contributed by atoms with Gasteiger partial charge in [0, 0.05) is 19.1 Å². The molecular weight excluding hydrogens is 185 g/mol. The van der Waals surface area contributed by atoms with Crippen molar-refractivity contribution in [2.75, 3.05) is 13.1 Å². The lowest BCUT2D eigenvalue weighted by Gasteiger charge is -2.20. The van der Waals surface area contributed by atoms with Crippen molar-refractivity contribution in [1.82, 2.24) is 4.90 Å². The molecule has 74 valence electrons. The Hall–Kier alpha value is -0.780. The molecule has 1 aliphatic heterocycles. The molecule has 0 aromatic rings. The number of piperidine rings is 1. The number of halogens is 3. The Labute approximate surface area is 72.7 Å². The highest BCUT2D eigenvalue weighted by Crippen LogP contribution is 2.44. The largest absolute Gasteiger partial charge is 0.471 e. The van der Waals surface area contributed by atoms with E-state index in [0.717, 1.165) is 4.90 Å². The normalized spacial score (nSPS) is 37.5. The van der Waals surface area contributed by atoms with Crippen molar-refractivity contribution in [2.24, 2.45) is 17.6 Å². The molecule has 2 rings (SSSR count). The second-order valence-electron chi connectivity index (χ2n) is 3.61. The highest BCUT2D eigenvalue weighted by molar-refractivity contribution is 5.82. The summed E-state index contributed by atoms with van der Waals surface area (Å²) in [5.41, 5.74) is 5.52. The molecule has 0 unspecified atom stereocenters. The number of hydrogen-bond donors (Lipinski definition) is 1. The number of alkyl halides is 3. The molecule has 0 bridgehead atoms. The fourth-order valence-corrected chi connectivity index (χ4v) is 1.92. The van der Waals surface area contributed by atoms with E-state index in [2.05, 4.69) is 0 Å². The number of carbonyl (C=O) groups excluding carboxylic acids is 1. The van der Waals surface area contributed by atoms with Crippen molar-refractivity contribution >= 4 is 5.91 Å². The van der Waals surface area contributed by atoms with Crippen molar-refractivity contribution < 1.29 is 18.0 Å². The van der Waals surface area contributed by atoms with Gasteiger partial charge in [-0.1, -0.05) is 0 Å². The van der Waals surface area contributed by atoms with E-state index in [4.69, 9.17) is 5.73 Å². The molecule has 1 saturated carbocycles. The zero-order valence-corrected chi connectivity index (χ0v) is 6.71. The second-order valence-corrected chi connectivity index (χ2v) is 3.61. The van der Waals surface area contributed by atoms with Crippen molar-refractivity contribution in [3.05, 3.63) is 0 Å². The van der Waals surface area contributed by atoms with E-state index in [-0.39, 0.29) is 31.0 Å². The minimum absolute atomic E-state index is 0.0114. The van der Waals surface area contributed by atoms with Crippen LogP contribution in [0.3, 0.4) is 0 Å². The molecule has 0 radical (unpaired) electrons. The van der Waals surface area contributed by atoms with Gasteiger partial charge in [0.15, 0.2) is 0 Å². The number of rotatable bonds is 0. The zero-order valence-electron chi connectivity index (χ0n) is 6.71. The van der Waals surface area contributed by atoms with Gasteiger partial charge in [0.2, 0.25) is 0 Å². The van der Waals surface area contributed by atoms with Gasteiger partial charge in [0.1, 0.15) is 0 Å². The summed E-state index contributed by atoms with van der Waals surface area (Å²) in [7, 11) is 0. The molecular formula is C7H9F3N2O. The van der Waals surface area contributed by atoms with Crippen molar-refractivity contribution in [3.8, 4) is 0 Å². The van der Waals surface area contributed by atoms with Crippen LogP contribution in [0.25, 0.3) is 0 Å². The third-order valence-corrected chi connectivity index (χ3v) is 2.79. The fourth-order valence-electron chi connectivity index (χ4n) is 1.92. The number of carbonyl (C=O) groups is 1. The molecule has 1 amide bonds. The monoisotopic (exact) mass is 194 g/mol. The number of nitrogens with zero attached hydrogens (tertiary/aromatic N) is 1. The lowest BCUT2D eigenvalue weighted by molar-refractivity contribution is -0.184. The lowest BCUT2D eigenvalue weighted by atomic mass is 10.4. The van der Waals surface area contributed by atoms with E-state index in [1.807, 2.05) is 0 Å². The molecule has 13 heavy (non-hydrogen) atoms. The average Bonchev–Trinajstić information content (AvgIpc) is 2.51. The van der Waals surface area contributed by atoms with Gasteiger partial charge in [-0.15, -0.1) is 0 Å². The summed E-state index contributed by atoms with van der Waals surface area (Å²) >= 11 is 0. The molecule has 1 saturated heterocycles. The summed E-state index contributed by atoms with van der Waals surface area (Å²) < 4.78 is 35.8. The van der Waals surface area contributed by atoms with E-state index >= 15 is 0 Å². The molecule has 1 aliphatic carbocycles. The minimum atomic E-state index is -4.74. The minimum Gasteiger partial charge on any atom is -0.334 e. The molecule has 2 N–H and O–H groups in total. The molecule has 1 heterocycles. The van der Waals surface area contributed by atoms with Crippen LogP contribution >= 0.6 is 0 Å². The first-order valence-corrected chi connectivity index (χ1v) is 4.03. The molecule has 6 heteroatoms. The number of amides is 1. The van der Waals surface area contributed by atoms with Gasteiger partial charge in [-0.3, -0.25) is 4.79 Å². The summed E-state index contributed by atoms with van der Waals surface area (Å²) in [6, 6.07) is 0.0114. The first-order valence-electron chi connectivity index (χ1n) is 4.03. The summed E-state index contributed by atoms with van der Waals surface area (Å²) in [5, 5.41) is 0.